The van der Waals surface area contributed by atoms with Gasteiger partial charge in [0, 0.05) is 18.7 Å². The average molecular weight is 249 g/mol. The highest BCUT2D eigenvalue weighted by Crippen LogP contribution is 2.21. The largest absolute Gasteiger partial charge is 0.401 e. The van der Waals surface area contributed by atoms with E-state index in [-0.39, 0.29) is 5.78 Å². The van der Waals surface area contributed by atoms with Crippen molar-refractivity contribution in [2.45, 2.75) is 39.5 Å². The molecule has 0 aliphatic heterocycles. The van der Waals surface area contributed by atoms with Crippen LogP contribution in [0.5, 0.6) is 0 Å². The van der Waals surface area contributed by atoms with E-state index in [0.717, 1.165) is 30.5 Å². The van der Waals surface area contributed by atoms with Gasteiger partial charge < -0.3 is 15.5 Å². The van der Waals surface area contributed by atoms with Gasteiger partial charge in [-0.15, -0.1) is 0 Å². The van der Waals surface area contributed by atoms with E-state index in [0.29, 0.717) is 18.7 Å². The lowest BCUT2D eigenvalue weighted by atomic mass is 10.0. The third kappa shape index (κ3) is 4.37. The van der Waals surface area contributed by atoms with Crippen LogP contribution in [0.15, 0.2) is 35.2 Å². The first kappa shape index (κ1) is 14.5. The van der Waals surface area contributed by atoms with Crippen molar-refractivity contribution in [1.82, 2.24) is 5.01 Å². The van der Waals surface area contributed by atoms with E-state index in [4.69, 9.17) is 11.6 Å². The Morgan fingerprint density at radius 1 is 1.39 bits per heavy atom. The second-order valence-electron chi connectivity index (χ2n) is 4.67. The van der Waals surface area contributed by atoms with Crippen molar-refractivity contribution in [3.05, 3.63) is 35.2 Å². The molecule has 0 aromatic carbocycles. The van der Waals surface area contributed by atoms with Crippen LogP contribution in [0.2, 0.25) is 0 Å². The van der Waals surface area contributed by atoms with Crippen LogP contribution < -0.4 is 11.6 Å². The summed E-state index contributed by atoms with van der Waals surface area (Å²) in [5.74, 6) is 6.24. The summed E-state index contributed by atoms with van der Waals surface area (Å²) in [6.45, 7) is 4.08. The van der Waals surface area contributed by atoms with Crippen LogP contribution in [0.25, 0.3) is 0 Å². The summed E-state index contributed by atoms with van der Waals surface area (Å²) in [5.41, 5.74) is 8.57. The molecule has 1 aliphatic carbocycles. The minimum absolute atomic E-state index is 0.190. The smallest absolute Gasteiger partial charge is 0.129 e. The molecular formula is C14H23N3O. The number of nitrogens with two attached hydrogens (primary N) is 2. The Morgan fingerprint density at radius 2 is 2.11 bits per heavy atom. The lowest BCUT2D eigenvalue weighted by molar-refractivity contribution is -0.117. The monoisotopic (exact) mass is 249 g/mol. The molecule has 18 heavy (non-hydrogen) atoms. The number of hydrazine groups is 1. The second-order valence-corrected chi connectivity index (χ2v) is 4.67. The van der Waals surface area contributed by atoms with Gasteiger partial charge in [-0.05, 0) is 38.7 Å². The molecule has 0 amide bonds. The zero-order chi connectivity index (χ0) is 13.5. The maximum absolute atomic E-state index is 10.9. The molecule has 0 heterocycles. The summed E-state index contributed by atoms with van der Waals surface area (Å²) >= 11 is 0. The first-order chi connectivity index (χ1) is 8.52. The highest BCUT2D eigenvalue weighted by Gasteiger charge is 2.13. The Labute approximate surface area is 109 Å². The third-order valence-corrected chi connectivity index (χ3v) is 2.86. The highest BCUT2D eigenvalue weighted by atomic mass is 16.1. The number of ketones is 1. The molecule has 0 unspecified atom stereocenters. The SMILES string of the molecule is CC(=O)CCCN(N)/C(C1=CCCC=C1)=C(/C)N. The summed E-state index contributed by atoms with van der Waals surface area (Å²) in [6.07, 6.45) is 9.72. The Morgan fingerprint density at radius 3 is 2.61 bits per heavy atom. The Balaban J connectivity index is 2.68. The summed E-state index contributed by atoms with van der Waals surface area (Å²) in [4.78, 5) is 10.9. The maximum Gasteiger partial charge on any atom is 0.129 e. The topological polar surface area (TPSA) is 72.3 Å². The molecule has 0 fully saturated rings. The van der Waals surface area contributed by atoms with Crippen LogP contribution in [0.3, 0.4) is 0 Å². The predicted octanol–water partition coefficient (Wildman–Crippen LogP) is 2.00. The van der Waals surface area contributed by atoms with Gasteiger partial charge in [0.1, 0.15) is 5.78 Å². The molecule has 4 heteroatoms. The van der Waals surface area contributed by atoms with Crippen LogP contribution in [0.1, 0.15) is 39.5 Å². The zero-order valence-electron chi connectivity index (χ0n) is 11.3. The quantitative estimate of drug-likeness (QED) is 0.558. The minimum atomic E-state index is 0.190. The minimum Gasteiger partial charge on any atom is -0.401 e. The Kier molecular flexibility index (Phi) is 5.65. The van der Waals surface area contributed by atoms with Gasteiger partial charge in [-0.2, -0.15) is 0 Å². The lowest BCUT2D eigenvalue weighted by Crippen LogP contribution is -2.34. The highest BCUT2D eigenvalue weighted by molar-refractivity contribution is 5.75. The molecular weight excluding hydrogens is 226 g/mol. The number of carbonyl (C=O) groups is 1. The van der Waals surface area contributed by atoms with Crippen LogP contribution in [-0.2, 0) is 4.79 Å². The van der Waals surface area contributed by atoms with E-state index in [9.17, 15) is 4.79 Å². The number of nitrogens with zero attached hydrogens (tertiary/aromatic N) is 1. The Hall–Kier alpha value is -1.55. The van der Waals surface area contributed by atoms with Crippen molar-refractivity contribution < 1.29 is 4.79 Å². The molecule has 1 rings (SSSR count). The molecule has 0 aromatic rings. The summed E-state index contributed by atoms with van der Waals surface area (Å²) in [5, 5.41) is 1.65. The number of carbonyl (C=O) groups excluding carboxylic acids is 1. The molecule has 0 atom stereocenters. The van der Waals surface area contributed by atoms with Gasteiger partial charge in [0.15, 0.2) is 0 Å². The molecule has 0 radical (unpaired) electrons. The van der Waals surface area contributed by atoms with Crippen LogP contribution in [-0.4, -0.2) is 17.3 Å². The van der Waals surface area contributed by atoms with Crippen LogP contribution >= 0.6 is 0 Å². The predicted molar refractivity (Wildman–Crippen MR) is 74.2 cm³/mol. The van der Waals surface area contributed by atoms with Crippen molar-refractivity contribution in [3.63, 3.8) is 0 Å². The Bertz CT molecular complexity index is 390. The first-order valence-corrected chi connectivity index (χ1v) is 6.37. The number of Topliss-reactive ketones (excluding diaryl/α,β-unsaturated/α-hetero) is 1. The number of hydrogen-bond donors (Lipinski definition) is 2. The molecule has 4 N–H and O–H groups in total. The fourth-order valence-corrected chi connectivity index (χ4v) is 2.02. The van der Waals surface area contributed by atoms with Crippen LogP contribution in [0, 0.1) is 0 Å². The summed E-state index contributed by atoms with van der Waals surface area (Å²) in [7, 11) is 0. The van der Waals surface area contributed by atoms with Gasteiger partial charge in [-0.1, -0.05) is 18.2 Å². The molecule has 0 spiro atoms. The van der Waals surface area contributed by atoms with E-state index >= 15 is 0 Å². The van der Waals surface area contributed by atoms with Crippen molar-refractivity contribution in [3.8, 4) is 0 Å². The number of allylic oxidation sites excluding steroid dienone is 4. The molecule has 0 aromatic heterocycles. The van der Waals surface area contributed by atoms with Crippen molar-refractivity contribution in [2.24, 2.45) is 11.6 Å². The second kappa shape index (κ2) is 7.01. The maximum atomic E-state index is 10.9. The zero-order valence-corrected chi connectivity index (χ0v) is 11.3. The van der Waals surface area contributed by atoms with E-state index in [1.165, 1.54) is 0 Å². The van der Waals surface area contributed by atoms with Crippen LogP contribution in [0.4, 0.5) is 0 Å². The standard InChI is InChI=1S/C14H23N3O/c1-11(18)7-6-10-17(16)14(12(2)15)13-8-4-3-5-9-13/h4,8-9H,3,5-7,10,15-16H2,1-2H3/b14-12-. The van der Waals surface area contributed by atoms with Crippen molar-refractivity contribution >= 4 is 5.78 Å². The van der Waals surface area contributed by atoms with E-state index in [2.05, 4.69) is 18.2 Å². The van der Waals surface area contributed by atoms with Gasteiger partial charge in [0.2, 0.25) is 0 Å². The van der Waals surface area contributed by atoms with Crippen molar-refractivity contribution in [2.75, 3.05) is 6.54 Å². The molecule has 0 bridgehead atoms. The van der Waals surface area contributed by atoms with Gasteiger partial charge in [-0.3, -0.25) is 0 Å². The normalized spacial score (nSPS) is 16.1. The summed E-state index contributed by atoms with van der Waals surface area (Å²) < 4.78 is 0. The van der Waals surface area contributed by atoms with Gasteiger partial charge >= 0.3 is 0 Å². The van der Waals surface area contributed by atoms with E-state index < -0.39 is 0 Å². The third-order valence-electron chi connectivity index (χ3n) is 2.86. The molecule has 0 saturated carbocycles. The van der Waals surface area contributed by atoms with Gasteiger partial charge in [-0.25, -0.2) is 5.84 Å². The van der Waals surface area contributed by atoms with E-state index in [1.54, 1.807) is 11.9 Å². The summed E-state index contributed by atoms with van der Waals surface area (Å²) in [6, 6.07) is 0. The number of rotatable bonds is 6. The fraction of sp³-hybridized carbons (Fsp3) is 0.500. The van der Waals surface area contributed by atoms with Gasteiger partial charge in [0.05, 0.1) is 5.70 Å². The molecule has 1 aliphatic rings. The number of hydrogen-bond acceptors (Lipinski definition) is 4. The first-order valence-electron chi connectivity index (χ1n) is 6.37. The van der Waals surface area contributed by atoms with Gasteiger partial charge in [0.25, 0.3) is 0 Å². The lowest BCUT2D eigenvalue weighted by Gasteiger charge is -2.25. The molecule has 0 saturated heterocycles. The molecule has 100 valence electrons. The van der Waals surface area contributed by atoms with Crippen molar-refractivity contribution in [1.29, 1.82) is 0 Å². The van der Waals surface area contributed by atoms with E-state index in [1.807, 2.05) is 6.92 Å². The molecule has 4 nitrogen and oxygen atoms in total. The average Bonchev–Trinajstić information content (AvgIpc) is 2.29. The fourth-order valence-electron chi connectivity index (χ4n) is 2.02.